The summed E-state index contributed by atoms with van der Waals surface area (Å²) in [5, 5.41) is 0. The van der Waals surface area contributed by atoms with Crippen LogP contribution in [0, 0.1) is 0 Å². The molecule has 0 aliphatic heterocycles. The Morgan fingerprint density at radius 1 is 1.16 bits per heavy atom. The molecule has 0 spiro atoms. The lowest BCUT2D eigenvalue weighted by molar-refractivity contribution is 0.601. The fraction of sp³-hybridized carbons (Fsp3) is 0. The number of nitrogens with two attached hydrogens (primary N) is 1. The fourth-order valence-electron chi connectivity index (χ4n) is 1.22. The van der Waals surface area contributed by atoms with Gasteiger partial charge in [0.05, 0.1) is 17.3 Å². The molecule has 2 heterocycles. The van der Waals surface area contributed by atoms with Crippen molar-refractivity contribution in [3.05, 3.63) is 35.3 Å². The average Bonchev–Trinajstić information content (AvgIpc) is 2.41. The van der Waals surface area contributed by atoms with Crippen LogP contribution in [0.4, 0.5) is 11.6 Å². The predicted molar refractivity (Wildman–Crippen MR) is 72.6 cm³/mol. The number of rotatable bonds is 4. The van der Waals surface area contributed by atoms with E-state index in [0.29, 0.717) is 4.60 Å². The molecule has 8 nitrogen and oxygen atoms in total. The van der Waals surface area contributed by atoms with Gasteiger partial charge in [-0.05, 0) is 22.0 Å². The molecular formula is C9H9BrN6O2S. The molecule has 2 aromatic rings. The van der Waals surface area contributed by atoms with Crippen molar-refractivity contribution in [2.75, 3.05) is 10.1 Å². The molecule has 0 aliphatic carbocycles. The SMILES string of the molecule is NNc1cc(S(=O)(=O)Nc2cnc(Br)cn2)ccn1. The number of hydrazine groups is 1. The van der Waals surface area contributed by atoms with Crippen molar-refractivity contribution in [1.82, 2.24) is 15.0 Å². The fourth-order valence-corrected chi connectivity index (χ4v) is 2.43. The first-order valence-electron chi connectivity index (χ1n) is 4.94. The van der Waals surface area contributed by atoms with Crippen LogP contribution < -0.4 is 16.0 Å². The molecule has 0 aromatic carbocycles. The van der Waals surface area contributed by atoms with Gasteiger partial charge in [0.1, 0.15) is 10.4 Å². The Bertz CT molecular complexity index is 675. The zero-order valence-electron chi connectivity index (χ0n) is 9.41. The van der Waals surface area contributed by atoms with E-state index in [4.69, 9.17) is 5.84 Å². The van der Waals surface area contributed by atoms with E-state index in [0.717, 1.165) is 0 Å². The van der Waals surface area contributed by atoms with Crippen LogP contribution in [0.25, 0.3) is 0 Å². The van der Waals surface area contributed by atoms with Crippen molar-refractivity contribution in [2.45, 2.75) is 4.90 Å². The van der Waals surface area contributed by atoms with Crippen molar-refractivity contribution >= 4 is 37.6 Å². The number of anilines is 2. The van der Waals surface area contributed by atoms with Crippen molar-refractivity contribution in [3.63, 3.8) is 0 Å². The van der Waals surface area contributed by atoms with Gasteiger partial charge in [0, 0.05) is 12.3 Å². The lowest BCUT2D eigenvalue weighted by Gasteiger charge is -2.07. The minimum absolute atomic E-state index is 0.0140. The molecule has 19 heavy (non-hydrogen) atoms. The first-order valence-corrected chi connectivity index (χ1v) is 7.22. The van der Waals surface area contributed by atoms with Crippen molar-refractivity contribution in [2.24, 2.45) is 5.84 Å². The number of hydrogen-bond donors (Lipinski definition) is 3. The number of hydrogen-bond acceptors (Lipinski definition) is 7. The van der Waals surface area contributed by atoms with Crippen LogP contribution in [0.2, 0.25) is 0 Å². The number of aromatic nitrogens is 3. The smallest absolute Gasteiger partial charge is 0.263 e. The summed E-state index contributed by atoms with van der Waals surface area (Å²) >= 11 is 3.11. The zero-order chi connectivity index (χ0) is 13.9. The molecule has 0 unspecified atom stereocenters. The second-order valence-electron chi connectivity index (χ2n) is 3.35. The van der Waals surface area contributed by atoms with Gasteiger partial charge >= 0.3 is 0 Å². The minimum atomic E-state index is -3.76. The third-order valence-electron chi connectivity index (χ3n) is 2.05. The largest absolute Gasteiger partial charge is 0.308 e. The van der Waals surface area contributed by atoms with Gasteiger partial charge in [-0.25, -0.2) is 29.2 Å². The summed E-state index contributed by atoms with van der Waals surface area (Å²) in [6, 6.07) is 2.64. The zero-order valence-corrected chi connectivity index (χ0v) is 11.8. The monoisotopic (exact) mass is 344 g/mol. The van der Waals surface area contributed by atoms with Gasteiger partial charge in [-0.3, -0.25) is 4.72 Å². The average molecular weight is 345 g/mol. The lowest BCUT2D eigenvalue weighted by atomic mass is 10.5. The van der Waals surface area contributed by atoms with Crippen molar-refractivity contribution < 1.29 is 8.42 Å². The van der Waals surface area contributed by atoms with E-state index in [1.165, 1.54) is 30.7 Å². The summed E-state index contributed by atoms with van der Waals surface area (Å²) in [6.07, 6.45) is 4.01. The Morgan fingerprint density at radius 2 is 1.95 bits per heavy atom. The molecule has 0 saturated heterocycles. The van der Waals surface area contributed by atoms with E-state index in [1.54, 1.807) is 0 Å². The van der Waals surface area contributed by atoms with Gasteiger partial charge in [0.15, 0.2) is 5.82 Å². The molecule has 0 bridgehead atoms. The molecular weight excluding hydrogens is 336 g/mol. The Kier molecular flexibility index (Phi) is 3.93. The molecule has 4 N–H and O–H groups in total. The van der Waals surface area contributed by atoms with Crippen LogP contribution in [0.1, 0.15) is 0 Å². The van der Waals surface area contributed by atoms with Crippen LogP contribution in [0.3, 0.4) is 0 Å². The number of nitrogens with zero attached hydrogens (tertiary/aromatic N) is 3. The topological polar surface area (TPSA) is 123 Å². The molecule has 0 radical (unpaired) electrons. The highest BCUT2D eigenvalue weighted by Crippen LogP contribution is 2.16. The van der Waals surface area contributed by atoms with E-state index in [2.05, 4.69) is 41.0 Å². The molecule has 0 amide bonds. The molecule has 0 aliphatic rings. The molecule has 0 atom stereocenters. The summed E-state index contributed by atoms with van der Waals surface area (Å²) < 4.78 is 26.9. The number of pyridine rings is 1. The van der Waals surface area contributed by atoms with Gasteiger partial charge in [0.2, 0.25) is 0 Å². The second kappa shape index (κ2) is 5.47. The number of sulfonamides is 1. The Balaban J connectivity index is 2.29. The van der Waals surface area contributed by atoms with E-state index in [1.807, 2.05) is 0 Å². The van der Waals surface area contributed by atoms with Gasteiger partial charge in [-0.2, -0.15) is 0 Å². The van der Waals surface area contributed by atoms with E-state index >= 15 is 0 Å². The van der Waals surface area contributed by atoms with E-state index in [9.17, 15) is 8.42 Å². The maximum Gasteiger partial charge on any atom is 0.263 e. The van der Waals surface area contributed by atoms with Gasteiger partial charge < -0.3 is 5.43 Å². The highest BCUT2D eigenvalue weighted by Gasteiger charge is 2.15. The molecule has 10 heteroatoms. The highest BCUT2D eigenvalue weighted by molar-refractivity contribution is 9.10. The van der Waals surface area contributed by atoms with Crippen LogP contribution >= 0.6 is 15.9 Å². The highest BCUT2D eigenvalue weighted by atomic mass is 79.9. The molecule has 2 aromatic heterocycles. The van der Waals surface area contributed by atoms with Crippen molar-refractivity contribution in [3.8, 4) is 0 Å². The molecule has 100 valence electrons. The van der Waals surface area contributed by atoms with Gasteiger partial charge in [0.25, 0.3) is 10.0 Å². The van der Waals surface area contributed by atoms with Crippen LogP contribution in [0.5, 0.6) is 0 Å². The lowest BCUT2D eigenvalue weighted by Crippen LogP contribution is -2.15. The summed E-state index contributed by atoms with van der Waals surface area (Å²) in [7, 11) is -3.76. The second-order valence-corrected chi connectivity index (χ2v) is 5.85. The minimum Gasteiger partial charge on any atom is -0.308 e. The van der Waals surface area contributed by atoms with Gasteiger partial charge in [-0.1, -0.05) is 0 Å². The maximum atomic E-state index is 12.1. The normalized spacial score (nSPS) is 11.1. The number of nitrogen functional groups attached to an aromatic ring is 1. The molecule has 2 rings (SSSR count). The first kappa shape index (κ1) is 13.6. The third kappa shape index (κ3) is 3.36. The van der Waals surface area contributed by atoms with Crippen LogP contribution in [-0.4, -0.2) is 23.4 Å². The predicted octanol–water partition coefficient (Wildman–Crippen LogP) is 0.720. The van der Waals surface area contributed by atoms with E-state index < -0.39 is 10.0 Å². The Hall–Kier alpha value is -1.78. The summed E-state index contributed by atoms with van der Waals surface area (Å²) in [6.45, 7) is 0. The number of nitrogens with one attached hydrogen (secondary N) is 2. The molecule has 0 fully saturated rings. The summed E-state index contributed by atoms with van der Waals surface area (Å²) in [5.74, 6) is 5.53. The summed E-state index contributed by atoms with van der Waals surface area (Å²) in [5.41, 5.74) is 2.27. The van der Waals surface area contributed by atoms with Crippen LogP contribution in [-0.2, 0) is 10.0 Å². The first-order chi connectivity index (χ1) is 9.01. The quantitative estimate of drug-likeness (QED) is 0.551. The maximum absolute atomic E-state index is 12.1. The van der Waals surface area contributed by atoms with Crippen molar-refractivity contribution in [1.29, 1.82) is 0 Å². The Labute approximate surface area is 117 Å². The third-order valence-corrected chi connectivity index (χ3v) is 3.81. The molecule has 0 saturated carbocycles. The van der Waals surface area contributed by atoms with Gasteiger partial charge in [-0.15, -0.1) is 0 Å². The summed E-state index contributed by atoms with van der Waals surface area (Å²) in [4.78, 5) is 11.6. The standard InChI is InChI=1S/C9H9BrN6O2S/c10-7-4-14-9(5-13-7)16-19(17,18)6-1-2-12-8(3-6)15-11/h1-5H,11H2,(H,12,15)(H,14,16). The number of halogens is 1. The van der Waals surface area contributed by atoms with Crippen LogP contribution in [0.15, 0.2) is 40.2 Å². The van der Waals surface area contributed by atoms with E-state index in [-0.39, 0.29) is 16.5 Å². The Morgan fingerprint density at radius 3 is 2.58 bits per heavy atom.